The van der Waals surface area contributed by atoms with Crippen LogP contribution in [-0.2, 0) is 6.54 Å². The number of nitrogens with zero attached hydrogens (tertiary/aromatic N) is 3. The molecule has 0 saturated heterocycles. The Morgan fingerprint density at radius 2 is 1.95 bits per heavy atom. The molecular formula is C13H9F2N3O. The predicted molar refractivity (Wildman–Crippen MR) is 64.9 cm³/mol. The van der Waals surface area contributed by atoms with Crippen LogP contribution in [0.25, 0.3) is 5.65 Å². The standard InChI is InChI=1S/C13H9F2N3O/c14-10-5-3-4-9(12(10)15)8-18-13(19)17-7-2-1-6-11(17)16-18/h1-7H,8H2. The Bertz CT molecular complexity index is 807. The Kier molecular flexibility index (Phi) is 2.63. The average molecular weight is 261 g/mol. The maximum Gasteiger partial charge on any atom is 0.350 e. The highest BCUT2D eigenvalue weighted by Crippen LogP contribution is 2.12. The first-order valence-electron chi connectivity index (χ1n) is 5.64. The van der Waals surface area contributed by atoms with E-state index in [2.05, 4.69) is 5.10 Å². The zero-order valence-corrected chi connectivity index (χ0v) is 9.75. The van der Waals surface area contributed by atoms with Crippen molar-refractivity contribution in [2.24, 2.45) is 0 Å². The molecule has 0 spiro atoms. The molecule has 0 amide bonds. The summed E-state index contributed by atoms with van der Waals surface area (Å²) < 4.78 is 29.1. The van der Waals surface area contributed by atoms with Crippen LogP contribution in [0, 0.1) is 11.6 Å². The maximum atomic E-state index is 13.5. The largest absolute Gasteiger partial charge is 0.350 e. The van der Waals surface area contributed by atoms with Gasteiger partial charge in [0.1, 0.15) is 0 Å². The van der Waals surface area contributed by atoms with E-state index in [-0.39, 0.29) is 17.8 Å². The Morgan fingerprint density at radius 1 is 1.11 bits per heavy atom. The van der Waals surface area contributed by atoms with Crippen LogP contribution in [0.5, 0.6) is 0 Å². The van der Waals surface area contributed by atoms with Crippen molar-refractivity contribution in [1.29, 1.82) is 0 Å². The highest BCUT2D eigenvalue weighted by atomic mass is 19.2. The van der Waals surface area contributed by atoms with Crippen molar-refractivity contribution in [1.82, 2.24) is 14.2 Å². The molecule has 0 aliphatic carbocycles. The molecule has 0 unspecified atom stereocenters. The van der Waals surface area contributed by atoms with E-state index >= 15 is 0 Å². The lowest BCUT2D eigenvalue weighted by molar-refractivity contribution is 0.490. The summed E-state index contributed by atoms with van der Waals surface area (Å²) in [6.45, 7) is -0.107. The smallest absolute Gasteiger partial charge is 0.250 e. The molecule has 96 valence electrons. The number of hydrogen-bond donors (Lipinski definition) is 0. The Labute approximate surface area is 106 Å². The molecule has 19 heavy (non-hydrogen) atoms. The summed E-state index contributed by atoms with van der Waals surface area (Å²) in [6.07, 6.45) is 1.57. The molecule has 2 aromatic heterocycles. The lowest BCUT2D eigenvalue weighted by Crippen LogP contribution is -2.22. The number of hydrogen-bond acceptors (Lipinski definition) is 2. The molecule has 0 atom stereocenters. The minimum absolute atomic E-state index is 0.0884. The van der Waals surface area contributed by atoms with Gasteiger partial charge in [0.2, 0.25) is 0 Å². The third-order valence-corrected chi connectivity index (χ3v) is 2.84. The number of aromatic nitrogens is 3. The SMILES string of the molecule is O=c1n(Cc2cccc(F)c2F)nc2ccccn12. The van der Waals surface area contributed by atoms with Gasteiger partial charge in [-0.2, -0.15) is 0 Å². The molecule has 0 fully saturated rings. The summed E-state index contributed by atoms with van der Waals surface area (Å²) in [4.78, 5) is 12.0. The van der Waals surface area contributed by atoms with E-state index < -0.39 is 11.6 Å². The third kappa shape index (κ3) is 1.91. The van der Waals surface area contributed by atoms with Crippen LogP contribution < -0.4 is 5.69 Å². The van der Waals surface area contributed by atoms with Crippen LogP contribution in [0.4, 0.5) is 8.78 Å². The van der Waals surface area contributed by atoms with Gasteiger partial charge in [-0.1, -0.05) is 18.2 Å². The molecule has 0 N–H and O–H groups in total. The lowest BCUT2D eigenvalue weighted by atomic mass is 10.2. The number of benzene rings is 1. The fourth-order valence-electron chi connectivity index (χ4n) is 1.90. The number of fused-ring (bicyclic) bond motifs is 1. The van der Waals surface area contributed by atoms with Crippen molar-refractivity contribution in [3.63, 3.8) is 0 Å². The zero-order valence-electron chi connectivity index (χ0n) is 9.75. The number of halogens is 2. The summed E-state index contributed by atoms with van der Waals surface area (Å²) in [5.41, 5.74) is 0.161. The van der Waals surface area contributed by atoms with E-state index in [0.29, 0.717) is 5.65 Å². The molecule has 4 nitrogen and oxygen atoms in total. The molecule has 6 heteroatoms. The molecule has 0 saturated carbocycles. The summed E-state index contributed by atoms with van der Waals surface area (Å²) in [5, 5.41) is 4.06. The topological polar surface area (TPSA) is 39.3 Å². The fourth-order valence-corrected chi connectivity index (χ4v) is 1.90. The number of pyridine rings is 1. The predicted octanol–water partition coefficient (Wildman–Crippen LogP) is 1.82. The second-order valence-corrected chi connectivity index (χ2v) is 4.08. The molecule has 1 aromatic carbocycles. The molecule has 3 rings (SSSR count). The van der Waals surface area contributed by atoms with Crippen LogP contribution >= 0.6 is 0 Å². The Hall–Kier alpha value is -2.50. The van der Waals surface area contributed by atoms with Crippen molar-refractivity contribution in [3.8, 4) is 0 Å². The van der Waals surface area contributed by atoms with Crippen LogP contribution in [-0.4, -0.2) is 14.2 Å². The molecule has 0 aliphatic heterocycles. The second kappa shape index (κ2) is 4.31. The van der Waals surface area contributed by atoms with Crippen molar-refractivity contribution >= 4 is 5.65 Å². The van der Waals surface area contributed by atoms with Gasteiger partial charge in [-0.3, -0.25) is 4.40 Å². The molecule has 3 aromatic rings. The summed E-state index contributed by atoms with van der Waals surface area (Å²) >= 11 is 0. The molecule has 0 aliphatic rings. The van der Waals surface area contributed by atoms with Crippen LogP contribution in [0.2, 0.25) is 0 Å². The minimum atomic E-state index is -0.952. The van der Waals surface area contributed by atoms with E-state index in [1.165, 1.54) is 16.5 Å². The second-order valence-electron chi connectivity index (χ2n) is 4.08. The zero-order chi connectivity index (χ0) is 13.4. The van der Waals surface area contributed by atoms with Crippen LogP contribution in [0.1, 0.15) is 5.56 Å². The van der Waals surface area contributed by atoms with Gasteiger partial charge in [-0.05, 0) is 18.2 Å². The van der Waals surface area contributed by atoms with Gasteiger partial charge in [0.05, 0.1) is 6.54 Å². The first-order valence-corrected chi connectivity index (χ1v) is 5.64. The van der Waals surface area contributed by atoms with Gasteiger partial charge in [0, 0.05) is 11.8 Å². The number of rotatable bonds is 2. The van der Waals surface area contributed by atoms with Crippen LogP contribution in [0.3, 0.4) is 0 Å². The highest BCUT2D eigenvalue weighted by molar-refractivity contribution is 5.35. The first kappa shape index (κ1) is 11.6. The molecule has 2 heterocycles. The molecular weight excluding hydrogens is 252 g/mol. The molecule has 0 radical (unpaired) electrons. The summed E-state index contributed by atoms with van der Waals surface area (Å²) in [6, 6.07) is 8.96. The maximum absolute atomic E-state index is 13.5. The minimum Gasteiger partial charge on any atom is -0.250 e. The van der Waals surface area contributed by atoms with E-state index in [4.69, 9.17) is 0 Å². The normalized spacial score (nSPS) is 11.1. The van der Waals surface area contributed by atoms with Crippen molar-refractivity contribution in [2.75, 3.05) is 0 Å². The average Bonchev–Trinajstić information content (AvgIpc) is 2.73. The van der Waals surface area contributed by atoms with E-state index in [9.17, 15) is 13.6 Å². The van der Waals surface area contributed by atoms with E-state index in [1.807, 2.05) is 0 Å². The van der Waals surface area contributed by atoms with Crippen molar-refractivity contribution in [3.05, 3.63) is 70.3 Å². The first-order chi connectivity index (χ1) is 9.16. The van der Waals surface area contributed by atoms with Gasteiger partial charge < -0.3 is 0 Å². The van der Waals surface area contributed by atoms with E-state index in [0.717, 1.165) is 10.7 Å². The van der Waals surface area contributed by atoms with Gasteiger partial charge in [-0.25, -0.2) is 18.3 Å². The fraction of sp³-hybridized carbons (Fsp3) is 0.0769. The lowest BCUT2D eigenvalue weighted by Gasteiger charge is -2.02. The van der Waals surface area contributed by atoms with Crippen molar-refractivity contribution < 1.29 is 8.78 Å². The Balaban J connectivity index is 2.09. The van der Waals surface area contributed by atoms with Gasteiger partial charge in [0.25, 0.3) is 0 Å². The van der Waals surface area contributed by atoms with E-state index in [1.54, 1.807) is 24.4 Å². The highest BCUT2D eigenvalue weighted by Gasteiger charge is 2.11. The third-order valence-electron chi connectivity index (χ3n) is 2.84. The summed E-state index contributed by atoms with van der Waals surface area (Å²) in [7, 11) is 0. The summed E-state index contributed by atoms with van der Waals surface area (Å²) in [5.74, 6) is -1.89. The Morgan fingerprint density at radius 3 is 2.74 bits per heavy atom. The quantitative estimate of drug-likeness (QED) is 0.706. The van der Waals surface area contributed by atoms with Gasteiger partial charge >= 0.3 is 5.69 Å². The molecule has 0 bridgehead atoms. The van der Waals surface area contributed by atoms with Gasteiger partial charge in [-0.15, -0.1) is 5.10 Å². The monoisotopic (exact) mass is 261 g/mol. The van der Waals surface area contributed by atoms with Crippen LogP contribution in [0.15, 0.2) is 47.4 Å². The van der Waals surface area contributed by atoms with Crippen molar-refractivity contribution in [2.45, 2.75) is 6.54 Å². The van der Waals surface area contributed by atoms with Gasteiger partial charge in [0.15, 0.2) is 17.3 Å².